The number of rotatable bonds is 5. The van der Waals surface area contributed by atoms with Gasteiger partial charge < -0.3 is 5.32 Å². The van der Waals surface area contributed by atoms with E-state index in [1.165, 1.54) is 0 Å². The molecular formula is C22H25NO3S. The Morgan fingerprint density at radius 3 is 2.56 bits per heavy atom. The minimum atomic E-state index is -3.43. The van der Waals surface area contributed by atoms with E-state index in [0.29, 0.717) is 41.5 Å². The van der Waals surface area contributed by atoms with E-state index < -0.39 is 9.84 Å². The van der Waals surface area contributed by atoms with Crippen molar-refractivity contribution in [1.29, 1.82) is 0 Å². The van der Waals surface area contributed by atoms with Crippen molar-refractivity contribution in [3.63, 3.8) is 0 Å². The van der Waals surface area contributed by atoms with Crippen LogP contribution in [-0.2, 0) is 14.6 Å². The van der Waals surface area contributed by atoms with Gasteiger partial charge in [0.15, 0.2) is 9.84 Å². The molecule has 3 rings (SSSR count). The molecule has 27 heavy (non-hydrogen) atoms. The Hall–Kier alpha value is -2.40. The van der Waals surface area contributed by atoms with Gasteiger partial charge in [-0.15, -0.1) is 0 Å². The molecule has 0 saturated heterocycles. The largest absolute Gasteiger partial charge is 0.322 e. The Labute approximate surface area is 162 Å². The van der Waals surface area contributed by atoms with E-state index in [1.807, 2.05) is 25.1 Å². The van der Waals surface area contributed by atoms with Crippen LogP contribution >= 0.6 is 0 Å². The molecule has 1 atom stereocenters. The summed E-state index contributed by atoms with van der Waals surface area (Å²) in [6.45, 7) is 1.92. The van der Waals surface area contributed by atoms with Crippen LogP contribution in [-0.4, -0.2) is 20.1 Å². The van der Waals surface area contributed by atoms with E-state index in [1.54, 1.807) is 36.4 Å². The van der Waals surface area contributed by atoms with Crippen LogP contribution in [0.2, 0.25) is 0 Å². The summed E-state index contributed by atoms with van der Waals surface area (Å²) in [6.07, 6.45) is 2.21. The van der Waals surface area contributed by atoms with Gasteiger partial charge in [0.05, 0.1) is 12.0 Å². The number of amides is 1. The summed E-state index contributed by atoms with van der Waals surface area (Å²) in [5.41, 5.74) is 2.07. The number of allylic oxidation sites excluding steroid dienone is 1. The zero-order chi connectivity index (χ0) is 20.1. The third-order valence-corrected chi connectivity index (χ3v) is 6.66. The first kappa shape index (κ1) is 18.0. The Morgan fingerprint density at radius 1 is 1.15 bits per heavy atom. The molecule has 0 spiro atoms. The van der Waals surface area contributed by atoms with Gasteiger partial charge in [-0.2, -0.15) is 0 Å². The molecule has 0 saturated carbocycles. The van der Waals surface area contributed by atoms with Crippen molar-refractivity contribution in [3.8, 4) is 0 Å². The molecule has 0 bridgehead atoms. The average molecular weight is 385 g/mol. The Bertz CT molecular complexity index is 967. The summed E-state index contributed by atoms with van der Waals surface area (Å²) in [4.78, 5) is 13.0. The van der Waals surface area contributed by atoms with Gasteiger partial charge in [-0.25, -0.2) is 8.42 Å². The lowest BCUT2D eigenvalue weighted by molar-refractivity contribution is -0.113. The second-order valence-corrected chi connectivity index (χ2v) is 9.07. The maximum Gasteiger partial charge on any atom is 0.251 e. The van der Waals surface area contributed by atoms with Crippen LogP contribution in [0.25, 0.3) is 0 Å². The second kappa shape index (κ2) is 8.53. The number of sulfone groups is 1. The lowest BCUT2D eigenvalue weighted by Crippen LogP contribution is -2.20. The molecule has 1 aliphatic carbocycles. The summed E-state index contributed by atoms with van der Waals surface area (Å²) in [5, 5.41) is 2.82. The number of anilines is 1. The molecule has 0 radical (unpaired) electrons. The highest BCUT2D eigenvalue weighted by Crippen LogP contribution is 2.27. The first-order chi connectivity index (χ1) is 13.3. The fourth-order valence-electron chi connectivity index (χ4n) is 3.29. The van der Waals surface area contributed by atoms with E-state index in [4.69, 9.17) is 1.37 Å². The maximum atomic E-state index is 12.8. The average Bonchev–Trinajstić information content (AvgIpc) is 2.84. The van der Waals surface area contributed by atoms with E-state index in [0.717, 1.165) is 12.0 Å². The number of carbonyl (C=O) groups is 1. The first-order valence-electron chi connectivity index (χ1n) is 9.69. The monoisotopic (exact) mass is 384 g/mol. The van der Waals surface area contributed by atoms with Crippen LogP contribution in [0.4, 0.5) is 5.69 Å². The molecule has 1 unspecified atom stereocenters. The van der Waals surface area contributed by atoms with Crippen molar-refractivity contribution in [2.45, 2.75) is 37.5 Å². The fourth-order valence-corrected chi connectivity index (χ4v) is 4.94. The van der Waals surface area contributed by atoms with Crippen molar-refractivity contribution in [2.24, 2.45) is 5.92 Å². The predicted octanol–water partition coefficient (Wildman–Crippen LogP) is 4.52. The number of benzene rings is 2. The highest BCUT2D eigenvalue weighted by molar-refractivity contribution is 7.91. The minimum Gasteiger partial charge on any atom is -0.322 e. The molecular weight excluding hydrogens is 358 g/mol. The summed E-state index contributed by atoms with van der Waals surface area (Å²) < 4.78 is 33.9. The Morgan fingerprint density at radius 2 is 1.85 bits per heavy atom. The maximum absolute atomic E-state index is 12.8. The highest BCUT2D eigenvalue weighted by Gasteiger charge is 2.25. The molecule has 4 nitrogen and oxygen atoms in total. The second-order valence-electron chi connectivity index (χ2n) is 7.03. The lowest BCUT2D eigenvalue weighted by Gasteiger charge is -2.17. The van der Waals surface area contributed by atoms with Crippen molar-refractivity contribution in [3.05, 3.63) is 71.8 Å². The van der Waals surface area contributed by atoms with Gasteiger partial charge in [0.1, 0.15) is 0 Å². The number of carbonyl (C=O) groups excluding carboxylic acids is 1. The van der Waals surface area contributed by atoms with Gasteiger partial charge >= 0.3 is 0 Å². The zero-order valence-electron chi connectivity index (χ0n) is 16.4. The molecule has 0 aliphatic heterocycles. The SMILES string of the molecule is [2H]C1=C(C(=O)Nc2ccccc2)CC(CS(=O)(=O)c2ccc(C)cc2)CCC1. The van der Waals surface area contributed by atoms with Crippen LogP contribution in [0.15, 0.2) is 71.1 Å². The third kappa shape index (κ3) is 5.30. The molecule has 1 aliphatic rings. The predicted molar refractivity (Wildman–Crippen MR) is 108 cm³/mol. The summed E-state index contributed by atoms with van der Waals surface area (Å²) >= 11 is 0. The number of hydrogen-bond acceptors (Lipinski definition) is 3. The third-order valence-electron chi connectivity index (χ3n) is 4.76. The van der Waals surface area contributed by atoms with Gasteiger partial charge in [0.2, 0.25) is 0 Å². The molecule has 1 N–H and O–H groups in total. The van der Waals surface area contributed by atoms with Crippen molar-refractivity contribution >= 4 is 21.4 Å². The van der Waals surface area contributed by atoms with Crippen molar-refractivity contribution in [1.82, 2.24) is 0 Å². The van der Waals surface area contributed by atoms with E-state index in [2.05, 4.69) is 5.32 Å². The topological polar surface area (TPSA) is 63.2 Å². The van der Waals surface area contributed by atoms with Crippen molar-refractivity contribution in [2.75, 3.05) is 11.1 Å². The molecule has 2 aromatic rings. The number of hydrogen-bond donors (Lipinski definition) is 1. The Kier molecular flexibility index (Phi) is 5.68. The van der Waals surface area contributed by atoms with Crippen molar-refractivity contribution < 1.29 is 14.6 Å². The molecule has 142 valence electrons. The quantitative estimate of drug-likeness (QED) is 0.824. The summed E-state index contributed by atoms with van der Waals surface area (Å²) in [6, 6.07) is 16.3. The number of nitrogens with one attached hydrogen (secondary N) is 1. The van der Waals surface area contributed by atoms with Crippen LogP contribution in [0.3, 0.4) is 0 Å². The fraction of sp³-hybridized carbons (Fsp3) is 0.318. The molecule has 5 heteroatoms. The van der Waals surface area contributed by atoms with Crippen LogP contribution in [0.1, 0.15) is 32.6 Å². The first-order valence-corrected chi connectivity index (χ1v) is 10.8. The van der Waals surface area contributed by atoms with Gasteiger partial charge in [-0.1, -0.05) is 41.9 Å². The van der Waals surface area contributed by atoms with Crippen LogP contribution in [0, 0.1) is 12.8 Å². The lowest BCUT2D eigenvalue weighted by atomic mass is 9.99. The van der Waals surface area contributed by atoms with Gasteiger partial charge in [-0.3, -0.25) is 4.79 Å². The Balaban J connectivity index is 1.75. The standard InChI is InChI=1S/C22H25NO3S/c1-17-11-13-21(14-12-17)27(25,26)16-18-7-5-6-8-19(15-18)22(24)23-20-9-3-2-4-10-20/h2-4,8-14,18H,5-7,15-16H2,1H3,(H,23,24)/i8D. The highest BCUT2D eigenvalue weighted by atomic mass is 32.2. The molecule has 1 amide bonds. The van der Waals surface area contributed by atoms with Crippen LogP contribution in [0.5, 0.6) is 0 Å². The summed E-state index contributed by atoms with van der Waals surface area (Å²) in [7, 11) is -3.43. The van der Waals surface area contributed by atoms with Crippen LogP contribution < -0.4 is 5.32 Å². The zero-order valence-corrected chi connectivity index (χ0v) is 16.3. The molecule has 0 heterocycles. The van der Waals surface area contributed by atoms with Gasteiger partial charge in [0.25, 0.3) is 5.91 Å². The molecule has 0 fully saturated rings. The molecule has 0 aromatic heterocycles. The van der Waals surface area contributed by atoms with E-state index >= 15 is 0 Å². The van der Waals surface area contributed by atoms with E-state index in [-0.39, 0.29) is 17.6 Å². The molecule has 2 aromatic carbocycles. The van der Waals surface area contributed by atoms with E-state index in [9.17, 15) is 13.2 Å². The number of para-hydroxylation sites is 1. The van der Waals surface area contributed by atoms with Gasteiger partial charge in [-0.05, 0) is 62.8 Å². The summed E-state index contributed by atoms with van der Waals surface area (Å²) in [5.74, 6) is -0.493. The number of aryl methyl sites for hydroxylation is 1. The van der Waals surface area contributed by atoms with Gasteiger partial charge in [0, 0.05) is 11.3 Å². The minimum absolute atomic E-state index is 0.00847. The smallest absolute Gasteiger partial charge is 0.251 e. The normalized spacial score (nSPS) is 18.6.